The first-order chi connectivity index (χ1) is 11.9. The summed E-state index contributed by atoms with van der Waals surface area (Å²) in [6.45, 7) is 0.518. The maximum absolute atomic E-state index is 12.8. The van der Waals surface area contributed by atoms with Gasteiger partial charge in [-0.3, -0.25) is 0 Å². The summed E-state index contributed by atoms with van der Waals surface area (Å²) in [5.74, 6) is 0.813. The number of fused-ring (bicyclic) bond motifs is 1. The van der Waals surface area contributed by atoms with E-state index in [4.69, 9.17) is 9.52 Å². The van der Waals surface area contributed by atoms with Crippen LogP contribution in [0.5, 0.6) is 0 Å². The normalized spacial score (nSPS) is 18.6. The molecule has 1 fully saturated rings. The van der Waals surface area contributed by atoms with E-state index in [1.54, 1.807) is 0 Å². The van der Waals surface area contributed by atoms with Crippen LogP contribution in [-0.4, -0.2) is 35.3 Å². The van der Waals surface area contributed by atoms with Crippen molar-refractivity contribution in [1.82, 2.24) is 9.29 Å². The third kappa shape index (κ3) is 2.85. The van der Waals surface area contributed by atoms with Crippen molar-refractivity contribution in [3.05, 3.63) is 47.2 Å². The van der Waals surface area contributed by atoms with Crippen LogP contribution < -0.4 is 0 Å². The second-order valence-electron chi connectivity index (χ2n) is 6.47. The zero-order chi connectivity index (χ0) is 17.6. The fraction of sp³-hybridized carbons (Fsp3) is 0.412. The van der Waals surface area contributed by atoms with E-state index in [-0.39, 0.29) is 17.0 Å². The Hall–Kier alpha value is -2.19. The maximum Gasteiger partial charge on any atom is 0.335 e. The van der Waals surface area contributed by atoms with E-state index >= 15 is 0 Å². The number of carbonyl (C=O) groups is 1. The van der Waals surface area contributed by atoms with Crippen molar-refractivity contribution >= 4 is 16.0 Å². The van der Waals surface area contributed by atoms with E-state index in [2.05, 4.69) is 4.98 Å². The highest BCUT2D eigenvalue weighted by atomic mass is 32.2. The molecule has 8 heteroatoms. The first-order valence-corrected chi connectivity index (χ1v) is 9.71. The largest absolute Gasteiger partial charge is 0.478 e. The van der Waals surface area contributed by atoms with Gasteiger partial charge < -0.3 is 9.52 Å². The Balaban J connectivity index is 1.57. The number of aromatic carboxylic acids is 1. The summed E-state index contributed by atoms with van der Waals surface area (Å²) in [6, 6.07) is 5.26. The van der Waals surface area contributed by atoms with Gasteiger partial charge in [0.25, 0.3) is 0 Å². The number of benzene rings is 1. The number of hydrogen-bond acceptors (Lipinski definition) is 5. The molecule has 4 rings (SSSR count). The molecule has 0 saturated heterocycles. The van der Waals surface area contributed by atoms with Gasteiger partial charge in [-0.2, -0.15) is 4.31 Å². The van der Waals surface area contributed by atoms with Crippen LogP contribution in [0, 0.1) is 0 Å². The number of hydrogen-bond donors (Lipinski definition) is 1. The van der Waals surface area contributed by atoms with Gasteiger partial charge in [0.2, 0.25) is 10.0 Å². The molecule has 132 valence electrons. The van der Waals surface area contributed by atoms with Crippen molar-refractivity contribution < 1.29 is 22.7 Å². The lowest BCUT2D eigenvalue weighted by atomic mass is 9.85. The fourth-order valence-electron chi connectivity index (χ4n) is 3.15. The van der Waals surface area contributed by atoms with Crippen LogP contribution in [0.2, 0.25) is 0 Å². The van der Waals surface area contributed by atoms with Crippen molar-refractivity contribution in [2.45, 2.75) is 43.0 Å². The number of carboxylic acids is 1. The number of aromatic nitrogens is 1. The molecule has 1 aromatic heterocycles. The summed E-state index contributed by atoms with van der Waals surface area (Å²) in [5.41, 5.74) is 0.750. The van der Waals surface area contributed by atoms with Gasteiger partial charge in [0.15, 0.2) is 5.89 Å². The molecule has 7 nitrogen and oxygen atoms in total. The summed E-state index contributed by atoms with van der Waals surface area (Å²) in [5, 5.41) is 8.93. The minimum Gasteiger partial charge on any atom is -0.478 e. The zero-order valence-corrected chi connectivity index (χ0v) is 14.3. The number of oxazole rings is 1. The lowest BCUT2D eigenvalue weighted by Crippen LogP contribution is -2.35. The minimum atomic E-state index is -3.69. The van der Waals surface area contributed by atoms with E-state index in [1.165, 1.54) is 35.0 Å². The molecule has 0 amide bonds. The Kier molecular flexibility index (Phi) is 3.88. The van der Waals surface area contributed by atoms with E-state index in [9.17, 15) is 13.2 Å². The maximum atomic E-state index is 12.8. The highest BCUT2D eigenvalue weighted by Gasteiger charge is 2.33. The molecule has 1 aromatic carbocycles. The van der Waals surface area contributed by atoms with Gasteiger partial charge in [-0.25, -0.2) is 18.2 Å². The van der Waals surface area contributed by atoms with Gasteiger partial charge in [-0.15, -0.1) is 0 Å². The lowest BCUT2D eigenvalue weighted by Gasteiger charge is -2.24. The zero-order valence-electron chi connectivity index (χ0n) is 13.5. The van der Waals surface area contributed by atoms with E-state index in [1.807, 2.05) is 0 Å². The van der Waals surface area contributed by atoms with Crippen LogP contribution in [0.3, 0.4) is 0 Å². The minimum absolute atomic E-state index is 0.0570. The summed E-state index contributed by atoms with van der Waals surface area (Å²) in [7, 11) is -3.69. The molecule has 0 bridgehead atoms. The Morgan fingerprint density at radius 3 is 2.56 bits per heavy atom. The molecule has 0 atom stereocenters. The third-order valence-corrected chi connectivity index (χ3v) is 6.76. The highest BCUT2D eigenvalue weighted by molar-refractivity contribution is 7.89. The van der Waals surface area contributed by atoms with Crippen LogP contribution in [-0.2, 0) is 23.0 Å². The number of sulfonamides is 1. The highest BCUT2D eigenvalue weighted by Crippen LogP contribution is 2.37. The second kappa shape index (κ2) is 5.96. The second-order valence-corrected chi connectivity index (χ2v) is 8.41. The molecule has 2 heterocycles. The van der Waals surface area contributed by atoms with Crippen LogP contribution in [0.15, 0.2) is 33.6 Å². The van der Waals surface area contributed by atoms with Gasteiger partial charge in [0.05, 0.1) is 22.7 Å². The summed E-state index contributed by atoms with van der Waals surface area (Å²) < 4.78 is 32.8. The van der Waals surface area contributed by atoms with Gasteiger partial charge in [0, 0.05) is 18.9 Å². The van der Waals surface area contributed by atoms with Crippen molar-refractivity contribution in [2.75, 3.05) is 6.54 Å². The molecule has 0 radical (unpaired) electrons. The van der Waals surface area contributed by atoms with Crippen molar-refractivity contribution in [3.8, 4) is 0 Å². The fourth-order valence-corrected chi connectivity index (χ4v) is 4.55. The van der Waals surface area contributed by atoms with Crippen LogP contribution in [0.25, 0.3) is 0 Å². The molecule has 1 N–H and O–H groups in total. The smallest absolute Gasteiger partial charge is 0.335 e. The molecule has 2 aromatic rings. The van der Waals surface area contributed by atoms with E-state index in [0.717, 1.165) is 24.5 Å². The molecule has 2 aliphatic rings. The Labute approximate surface area is 145 Å². The average molecular weight is 362 g/mol. The van der Waals surface area contributed by atoms with Crippen molar-refractivity contribution in [1.29, 1.82) is 0 Å². The molecule has 1 saturated carbocycles. The average Bonchev–Trinajstić information content (AvgIpc) is 2.95. The summed E-state index contributed by atoms with van der Waals surface area (Å²) in [4.78, 5) is 15.5. The standard InChI is InChI=1S/C17H18N2O5S/c20-17(21)12-4-6-13(7-5-12)25(22,23)19-9-8-15-14(10-19)18-16(24-15)11-2-1-3-11/h4-7,11H,1-3,8-10H2,(H,20,21). The van der Waals surface area contributed by atoms with E-state index in [0.29, 0.717) is 24.6 Å². The molecule has 1 aliphatic carbocycles. The molecular formula is C17H18N2O5S. The van der Waals surface area contributed by atoms with Crippen molar-refractivity contribution in [2.24, 2.45) is 0 Å². The van der Waals surface area contributed by atoms with Crippen LogP contribution in [0.4, 0.5) is 0 Å². The SMILES string of the molecule is O=C(O)c1ccc(S(=O)(=O)N2CCc3oc(C4CCC4)nc3C2)cc1. The molecular weight excluding hydrogens is 344 g/mol. The Bertz CT molecular complexity index is 913. The van der Waals surface area contributed by atoms with Crippen molar-refractivity contribution in [3.63, 3.8) is 0 Å². The molecule has 0 unspecified atom stereocenters. The summed E-state index contributed by atoms with van der Waals surface area (Å²) >= 11 is 0. The van der Waals surface area contributed by atoms with E-state index < -0.39 is 16.0 Å². The summed E-state index contributed by atoms with van der Waals surface area (Å²) in [6.07, 6.45) is 3.85. The Morgan fingerprint density at radius 1 is 1.24 bits per heavy atom. The van der Waals surface area contributed by atoms with Gasteiger partial charge in [0.1, 0.15) is 5.76 Å². The molecule has 25 heavy (non-hydrogen) atoms. The van der Waals surface area contributed by atoms with Crippen LogP contribution >= 0.6 is 0 Å². The first kappa shape index (κ1) is 16.3. The van der Waals surface area contributed by atoms with Crippen LogP contribution in [0.1, 0.15) is 52.9 Å². The van der Waals surface area contributed by atoms with Gasteiger partial charge in [-0.05, 0) is 37.1 Å². The topological polar surface area (TPSA) is 101 Å². The van der Waals surface area contributed by atoms with Gasteiger partial charge in [-0.1, -0.05) is 6.42 Å². The third-order valence-electron chi connectivity index (χ3n) is 4.90. The molecule has 0 spiro atoms. The quantitative estimate of drug-likeness (QED) is 0.896. The first-order valence-electron chi connectivity index (χ1n) is 8.27. The lowest BCUT2D eigenvalue weighted by molar-refractivity contribution is 0.0696. The number of nitrogens with zero attached hydrogens (tertiary/aromatic N) is 2. The Morgan fingerprint density at radius 2 is 1.96 bits per heavy atom. The molecule has 1 aliphatic heterocycles. The predicted molar refractivity (Wildman–Crippen MR) is 87.8 cm³/mol. The number of carboxylic acid groups (broad SMARTS) is 1. The van der Waals surface area contributed by atoms with Gasteiger partial charge >= 0.3 is 5.97 Å². The predicted octanol–water partition coefficient (Wildman–Crippen LogP) is 2.39. The monoisotopic (exact) mass is 362 g/mol. The number of rotatable bonds is 4.